The molecule has 1 saturated heterocycles. The van der Waals surface area contributed by atoms with Crippen LogP contribution in [0.3, 0.4) is 0 Å². The average molecular weight is 261 g/mol. The second-order valence-electron chi connectivity index (χ2n) is 5.13. The molecule has 0 bridgehead atoms. The van der Waals surface area contributed by atoms with Crippen LogP contribution in [-0.2, 0) is 20.9 Å². The fraction of sp³-hybridized carbons (Fsp3) is 0.467. The van der Waals surface area contributed by atoms with Gasteiger partial charge in [-0.05, 0) is 25.0 Å². The second kappa shape index (κ2) is 5.43. The van der Waals surface area contributed by atoms with Crippen molar-refractivity contribution in [2.75, 3.05) is 13.7 Å². The standard InChI is InChI=1S/C15H19NO3/c1-10-4-5-11(2)12(6-10)8-16-9-13(7-14(16)17)15(18)19-3/h4-6,13H,7-9H2,1-3H3. The van der Waals surface area contributed by atoms with E-state index in [1.54, 1.807) is 4.90 Å². The molecule has 1 unspecified atom stereocenters. The highest BCUT2D eigenvalue weighted by atomic mass is 16.5. The zero-order chi connectivity index (χ0) is 14.0. The Bertz CT molecular complexity index is 510. The van der Waals surface area contributed by atoms with Crippen molar-refractivity contribution in [1.82, 2.24) is 4.90 Å². The van der Waals surface area contributed by atoms with E-state index in [0.29, 0.717) is 13.1 Å². The Labute approximate surface area is 113 Å². The first-order valence-corrected chi connectivity index (χ1v) is 6.43. The summed E-state index contributed by atoms with van der Waals surface area (Å²) in [5.41, 5.74) is 3.48. The first-order chi connectivity index (χ1) is 9.01. The molecule has 0 aliphatic carbocycles. The topological polar surface area (TPSA) is 46.6 Å². The van der Waals surface area contributed by atoms with Crippen molar-refractivity contribution < 1.29 is 14.3 Å². The van der Waals surface area contributed by atoms with Crippen LogP contribution in [-0.4, -0.2) is 30.4 Å². The minimum absolute atomic E-state index is 0.0244. The molecule has 1 aromatic carbocycles. The Hall–Kier alpha value is -1.84. The number of rotatable bonds is 3. The molecule has 0 spiro atoms. The molecule has 2 rings (SSSR count). The Morgan fingerprint density at radius 2 is 2.16 bits per heavy atom. The fourth-order valence-electron chi connectivity index (χ4n) is 2.43. The van der Waals surface area contributed by atoms with E-state index in [1.807, 2.05) is 13.8 Å². The van der Waals surface area contributed by atoms with E-state index in [1.165, 1.54) is 18.2 Å². The number of carbonyl (C=O) groups is 2. The molecule has 0 N–H and O–H groups in total. The zero-order valence-electron chi connectivity index (χ0n) is 11.6. The normalized spacial score (nSPS) is 18.8. The van der Waals surface area contributed by atoms with Crippen LogP contribution in [0.2, 0.25) is 0 Å². The van der Waals surface area contributed by atoms with E-state index < -0.39 is 0 Å². The predicted molar refractivity (Wildman–Crippen MR) is 71.5 cm³/mol. The molecule has 19 heavy (non-hydrogen) atoms. The lowest BCUT2D eigenvalue weighted by Gasteiger charge is -2.18. The maximum absolute atomic E-state index is 11.9. The number of methoxy groups -OCH3 is 1. The van der Waals surface area contributed by atoms with Crippen molar-refractivity contribution in [2.24, 2.45) is 5.92 Å². The number of likely N-dealkylation sites (tertiary alicyclic amines) is 1. The lowest BCUT2D eigenvalue weighted by atomic mass is 10.1. The van der Waals surface area contributed by atoms with Crippen LogP contribution in [0.15, 0.2) is 18.2 Å². The van der Waals surface area contributed by atoms with Gasteiger partial charge in [0.15, 0.2) is 0 Å². The van der Waals surface area contributed by atoms with Gasteiger partial charge in [0.2, 0.25) is 5.91 Å². The van der Waals surface area contributed by atoms with Gasteiger partial charge in [0.1, 0.15) is 0 Å². The summed E-state index contributed by atoms with van der Waals surface area (Å²) in [7, 11) is 1.36. The molecule has 4 heteroatoms. The number of benzene rings is 1. The van der Waals surface area contributed by atoms with Crippen LogP contribution < -0.4 is 0 Å². The van der Waals surface area contributed by atoms with Crippen molar-refractivity contribution in [1.29, 1.82) is 0 Å². The Kier molecular flexibility index (Phi) is 3.88. The molecule has 4 nitrogen and oxygen atoms in total. The molecule has 1 aliphatic heterocycles. The van der Waals surface area contributed by atoms with Gasteiger partial charge in [-0.1, -0.05) is 23.8 Å². The van der Waals surface area contributed by atoms with Gasteiger partial charge >= 0.3 is 5.97 Å². The summed E-state index contributed by atoms with van der Waals surface area (Å²) in [4.78, 5) is 25.1. The van der Waals surface area contributed by atoms with E-state index in [-0.39, 0.29) is 24.2 Å². The highest BCUT2D eigenvalue weighted by molar-refractivity contribution is 5.86. The summed E-state index contributed by atoms with van der Waals surface area (Å²) in [5, 5.41) is 0. The van der Waals surface area contributed by atoms with Crippen LogP contribution in [0, 0.1) is 19.8 Å². The van der Waals surface area contributed by atoms with Gasteiger partial charge in [-0.3, -0.25) is 9.59 Å². The fourth-order valence-corrected chi connectivity index (χ4v) is 2.43. The summed E-state index contributed by atoms with van der Waals surface area (Å²) in [5.74, 6) is -0.587. The summed E-state index contributed by atoms with van der Waals surface area (Å²) in [6.07, 6.45) is 0.261. The van der Waals surface area contributed by atoms with Crippen LogP contribution in [0.25, 0.3) is 0 Å². The van der Waals surface area contributed by atoms with Gasteiger partial charge in [0, 0.05) is 19.5 Å². The summed E-state index contributed by atoms with van der Waals surface area (Å²) >= 11 is 0. The first-order valence-electron chi connectivity index (χ1n) is 6.43. The van der Waals surface area contributed by atoms with E-state index in [0.717, 1.165) is 5.56 Å². The largest absolute Gasteiger partial charge is 0.469 e. The molecule has 102 valence electrons. The summed E-state index contributed by atoms with van der Waals surface area (Å²) in [6, 6.07) is 6.21. The van der Waals surface area contributed by atoms with Crippen LogP contribution in [0.5, 0.6) is 0 Å². The minimum atomic E-state index is -0.317. The Morgan fingerprint density at radius 1 is 1.42 bits per heavy atom. The van der Waals surface area contributed by atoms with Crippen LogP contribution in [0.1, 0.15) is 23.1 Å². The van der Waals surface area contributed by atoms with Gasteiger partial charge in [-0.15, -0.1) is 0 Å². The molecule has 1 heterocycles. The van der Waals surface area contributed by atoms with Crippen molar-refractivity contribution in [3.63, 3.8) is 0 Å². The smallest absolute Gasteiger partial charge is 0.310 e. The van der Waals surface area contributed by atoms with Crippen molar-refractivity contribution >= 4 is 11.9 Å². The predicted octanol–water partition coefficient (Wildman–Crippen LogP) is 1.82. The molecule has 1 fully saturated rings. The Morgan fingerprint density at radius 3 is 2.84 bits per heavy atom. The van der Waals surface area contributed by atoms with Crippen LogP contribution >= 0.6 is 0 Å². The molecule has 0 aromatic heterocycles. The molecule has 0 saturated carbocycles. The highest BCUT2D eigenvalue weighted by Gasteiger charge is 2.34. The van der Waals surface area contributed by atoms with Gasteiger partial charge in [0.05, 0.1) is 13.0 Å². The number of amides is 1. The molecule has 1 aliphatic rings. The first kappa shape index (κ1) is 13.6. The van der Waals surface area contributed by atoms with E-state index in [2.05, 4.69) is 18.2 Å². The average Bonchev–Trinajstić information content (AvgIpc) is 2.74. The molecule has 1 aromatic rings. The number of carbonyl (C=O) groups excluding carboxylic acids is 2. The maximum atomic E-state index is 11.9. The number of nitrogens with zero attached hydrogens (tertiary/aromatic N) is 1. The maximum Gasteiger partial charge on any atom is 0.310 e. The van der Waals surface area contributed by atoms with Crippen molar-refractivity contribution in [3.05, 3.63) is 34.9 Å². The number of ether oxygens (including phenoxy) is 1. The third-order valence-electron chi connectivity index (χ3n) is 3.61. The molecular formula is C15H19NO3. The van der Waals surface area contributed by atoms with E-state index >= 15 is 0 Å². The van der Waals surface area contributed by atoms with Gasteiger partial charge in [-0.25, -0.2) is 0 Å². The zero-order valence-corrected chi connectivity index (χ0v) is 11.6. The number of hydrogen-bond donors (Lipinski definition) is 0. The van der Waals surface area contributed by atoms with Gasteiger partial charge in [0.25, 0.3) is 0 Å². The van der Waals surface area contributed by atoms with E-state index in [4.69, 9.17) is 4.74 Å². The third kappa shape index (κ3) is 2.95. The molecule has 1 atom stereocenters. The molecular weight excluding hydrogens is 242 g/mol. The number of aryl methyl sites for hydroxylation is 2. The number of hydrogen-bond acceptors (Lipinski definition) is 3. The lowest BCUT2D eigenvalue weighted by molar-refractivity contribution is -0.145. The third-order valence-corrected chi connectivity index (χ3v) is 3.61. The lowest BCUT2D eigenvalue weighted by Crippen LogP contribution is -2.26. The van der Waals surface area contributed by atoms with Crippen LogP contribution in [0.4, 0.5) is 0 Å². The molecule has 0 radical (unpaired) electrons. The van der Waals surface area contributed by atoms with Gasteiger partial charge < -0.3 is 9.64 Å². The Balaban J connectivity index is 2.09. The summed E-state index contributed by atoms with van der Waals surface area (Å²) in [6.45, 7) is 5.10. The monoisotopic (exact) mass is 261 g/mol. The second-order valence-corrected chi connectivity index (χ2v) is 5.13. The minimum Gasteiger partial charge on any atom is -0.469 e. The van der Waals surface area contributed by atoms with Crippen molar-refractivity contribution in [3.8, 4) is 0 Å². The highest BCUT2D eigenvalue weighted by Crippen LogP contribution is 2.22. The SMILES string of the molecule is COC(=O)C1CC(=O)N(Cc2cc(C)ccc2C)C1. The quantitative estimate of drug-likeness (QED) is 0.780. The van der Waals surface area contributed by atoms with E-state index in [9.17, 15) is 9.59 Å². The van der Waals surface area contributed by atoms with Crippen molar-refractivity contribution in [2.45, 2.75) is 26.8 Å². The molecule has 1 amide bonds. The number of esters is 1. The van der Waals surface area contributed by atoms with Gasteiger partial charge in [-0.2, -0.15) is 0 Å². The summed E-state index contributed by atoms with van der Waals surface area (Å²) < 4.78 is 4.71.